The monoisotopic (exact) mass is 335 g/mol. The smallest absolute Gasteiger partial charge is 0.238 e. The minimum Gasteiger partial charge on any atom is -0.274 e. The van der Waals surface area contributed by atoms with Gasteiger partial charge >= 0.3 is 0 Å². The van der Waals surface area contributed by atoms with Gasteiger partial charge in [-0.2, -0.15) is 0 Å². The SMILES string of the molecule is Cc1ccc(N2C(=O)C3C4CCCC4=C4CCCC4C3C2=O)c(C)c1. The fourth-order valence-corrected chi connectivity index (χ4v) is 6.19. The van der Waals surface area contributed by atoms with Gasteiger partial charge in [0.2, 0.25) is 11.8 Å². The first-order valence-corrected chi connectivity index (χ1v) is 9.75. The van der Waals surface area contributed by atoms with Crippen LogP contribution in [0.25, 0.3) is 0 Å². The number of carbonyl (C=O) groups is 2. The van der Waals surface area contributed by atoms with Crippen LogP contribution >= 0.6 is 0 Å². The van der Waals surface area contributed by atoms with Gasteiger partial charge in [0.25, 0.3) is 0 Å². The van der Waals surface area contributed by atoms with Gasteiger partial charge in [-0.25, -0.2) is 4.90 Å². The fourth-order valence-electron chi connectivity index (χ4n) is 6.19. The van der Waals surface area contributed by atoms with Crippen LogP contribution in [-0.2, 0) is 9.59 Å². The molecule has 1 saturated heterocycles. The average molecular weight is 335 g/mol. The summed E-state index contributed by atoms with van der Waals surface area (Å²) in [6.45, 7) is 4.05. The summed E-state index contributed by atoms with van der Waals surface area (Å²) >= 11 is 0. The van der Waals surface area contributed by atoms with Crippen LogP contribution in [0.2, 0.25) is 0 Å². The molecule has 0 aromatic heterocycles. The van der Waals surface area contributed by atoms with E-state index in [1.54, 1.807) is 16.0 Å². The number of hydrogen-bond acceptors (Lipinski definition) is 2. The quantitative estimate of drug-likeness (QED) is 0.566. The zero-order chi connectivity index (χ0) is 17.3. The Labute approximate surface area is 149 Å². The highest BCUT2D eigenvalue weighted by Crippen LogP contribution is 2.58. The molecule has 4 unspecified atom stereocenters. The summed E-state index contributed by atoms with van der Waals surface area (Å²) in [4.78, 5) is 28.3. The Hall–Kier alpha value is -1.90. The molecule has 0 N–H and O–H groups in total. The van der Waals surface area contributed by atoms with Gasteiger partial charge in [0, 0.05) is 0 Å². The van der Waals surface area contributed by atoms with Crippen molar-refractivity contribution in [2.24, 2.45) is 23.7 Å². The van der Waals surface area contributed by atoms with E-state index >= 15 is 0 Å². The molecular weight excluding hydrogens is 310 g/mol. The largest absolute Gasteiger partial charge is 0.274 e. The Morgan fingerprint density at radius 3 is 1.96 bits per heavy atom. The number of aryl methyl sites for hydroxylation is 2. The zero-order valence-corrected chi connectivity index (χ0v) is 15.0. The van der Waals surface area contributed by atoms with Crippen molar-refractivity contribution in [3.63, 3.8) is 0 Å². The molecule has 2 saturated carbocycles. The van der Waals surface area contributed by atoms with E-state index in [1.165, 1.54) is 12.8 Å². The van der Waals surface area contributed by atoms with E-state index in [4.69, 9.17) is 0 Å². The van der Waals surface area contributed by atoms with E-state index in [1.807, 2.05) is 26.0 Å². The van der Waals surface area contributed by atoms with Crippen molar-refractivity contribution in [3.05, 3.63) is 40.5 Å². The molecule has 130 valence electrons. The molecule has 4 atom stereocenters. The van der Waals surface area contributed by atoms with Crippen molar-refractivity contribution in [1.82, 2.24) is 0 Å². The number of nitrogens with zero attached hydrogens (tertiary/aromatic N) is 1. The van der Waals surface area contributed by atoms with E-state index in [-0.39, 0.29) is 23.7 Å². The van der Waals surface area contributed by atoms with E-state index in [2.05, 4.69) is 6.07 Å². The molecule has 1 aromatic carbocycles. The van der Waals surface area contributed by atoms with Crippen LogP contribution in [-0.4, -0.2) is 11.8 Å². The molecule has 2 amide bonds. The molecule has 4 aliphatic rings. The Morgan fingerprint density at radius 1 is 0.880 bits per heavy atom. The number of anilines is 1. The van der Waals surface area contributed by atoms with Crippen molar-refractivity contribution >= 4 is 17.5 Å². The first kappa shape index (κ1) is 15.4. The molecular formula is C22H25NO2. The first-order valence-electron chi connectivity index (χ1n) is 9.75. The zero-order valence-electron chi connectivity index (χ0n) is 15.0. The van der Waals surface area contributed by atoms with Crippen molar-refractivity contribution in [3.8, 4) is 0 Å². The standard InChI is InChI=1S/C22H25NO2/c1-12-9-10-18(13(2)11-12)23-21(24)19-16-7-3-5-14(16)15-6-4-8-17(15)20(19)22(23)25/h9-11,16-17,19-20H,3-8H2,1-2H3. The minimum absolute atomic E-state index is 0.0669. The molecule has 3 heteroatoms. The van der Waals surface area contributed by atoms with E-state index in [0.29, 0.717) is 11.8 Å². The summed E-state index contributed by atoms with van der Waals surface area (Å²) in [7, 11) is 0. The predicted molar refractivity (Wildman–Crippen MR) is 97.1 cm³/mol. The molecule has 1 heterocycles. The van der Waals surface area contributed by atoms with Crippen LogP contribution in [0, 0.1) is 37.5 Å². The van der Waals surface area contributed by atoms with Crippen LogP contribution in [0.3, 0.4) is 0 Å². The molecule has 5 rings (SSSR count). The van der Waals surface area contributed by atoms with E-state index < -0.39 is 0 Å². The number of benzene rings is 1. The Bertz CT molecular complexity index is 779. The van der Waals surface area contributed by atoms with Gasteiger partial charge < -0.3 is 0 Å². The second-order valence-corrected chi connectivity index (χ2v) is 8.40. The maximum atomic E-state index is 13.4. The lowest BCUT2D eigenvalue weighted by atomic mass is 9.66. The predicted octanol–water partition coefficient (Wildman–Crippen LogP) is 4.32. The second kappa shape index (κ2) is 5.30. The molecule has 3 nitrogen and oxygen atoms in total. The normalized spacial score (nSPS) is 33.8. The van der Waals surface area contributed by atoms with E-state index in [0.717, 1.165) is 42.5 Å². The van der Waals surface area contributed by atoms with E-state index in [9.17, 15) is 9.59 Å². The van der Waals surface area contributed by atoms with Crippen LogP contribution in [0.4, 0.5) is 5.69 Å². The van der Waals surface area contributed by atoms with Crippen molar-refractivity contribution in [2.75, 3.05) is 4.90 Å². The number of imide groups is 1. The van der Waals surface area contributed by atoms with Crippen LogP contribution < -0.4 is 4.90 Å². The Morgan fingerprint density at radius 2 is 1.44 bits per heavy atom. The molecule has 3 fully saturated rings. The molecule has 0 radical (unpaired) electrons. The first-order chi connectivity index (χ1) is 12.1. The summed E-state index contributed by atoms with van der Waals surface area (Å²) in [6.07, 6.45) is 6.86. The topological polar surface area (TPSA) is 37.4 Å². The number of fused-ring (bicyclic) bond motifs is 5. The van der Waals surface area contributed by atoms with Gasteiger partial charge in [-0.1, -0.05) is 28.8 Å². The lowest BCUT2D eigenvalue weighted by Crippen LogP contribution is -2.35. The lowest BCUT2D eigenvalue weighted by molar-refractivity contribution is -0.122. The Kier molecular flexibility index (Phi) is 3.25. The highest BCUT2D eigenvalue weighted by molar-refractivity contribution is 6.23. The van der Waals surface area contributed by atoms with Crippen LogP contribution in [0.5, 0.6) is 0 Å². The second-order valence-electron chi connectivity index (χ2n) is 8.40. The fraction of sp³-hybridized carbons (Fsp3) is 0.545. The molecule has 25 heavy (non-hydrogen) atoms. The summed E-state index contributed by atoms with van der Waals surface area (Å²) in [5, 5.41) is 0. The summed E-state index contributed by atoms with van der Waals surface area (Å²) in [6, 6.07) is 6.03. The third-order valence-electron chi connectivity index (χ3n) is 7.09. The summed E-state index contributed by atoms with van der Waals surface area (Å²) < 4.78 is 0. The van der Waals surface area contributed by atoms with Gasteiger partial charge in [-0.15, -0.1) is 0 Å². The third-order valence-corrected chi connectivity index (χ3v) is 7.09. The van der Waals surface area contributed by atoms with Gasteiger partial charge in [-0.05, 0) is 75.8 Å². The number of rotatable bonds is 1. The third kappa shape index (κ3) is 1.98. The maximum Gasteiger partial charge on any atom is 0.238 e. The molecule has 0 spiro atoms. The van der Waals surface area contributed by atoms with Crippen molar-refractivity contribution < 1.29 is 9.59 Å². The van der Waals surface area contributed by atoms with Crippen molar-refractivity contribution in [2.45, 2.75) is 52.4 Å². The number of carbonyl (C=O) groups excluding carboxylic acids is 2. The van der Waals surface area contributed by atoms with Crippen LogP contribution in [0.15, 0.2) is 29.3 Å². The summed E-state index contributed by atoms with van der Waals surface area (Å²) in [5.74, 6) is 0.604. The highest BCUT2D eigenvalue weighted by Gasteiger charge is 2.59. The number of amides is 2. The van der Waals surface area contributed by atoms with Gasteiger partial charge in [0.15, 0.2) is 0 Å². The van der Waals surface area contributed by atoms with Crippen molar-refractivity contribution in [1.29, 1.82) is 0 Å². The Balaban J connectivity index is 1.62. The average Bonchev–Trinajstić information content (AvgIpc) is 3.26. The number of allylic oxidation sites excluding steroid dienone is 2. The molecule has 1 aromatic rings. The van der Waals surface area contributed by atoms with Crippen LogP contribution in [0.1, 0.15) is 49.7 Å². The molecule has 3 aliphatic carbocycles. The minimum atomic E-state index is -0.0995. The highest BCUT2D eigenvalue weighted by atomic mass is 16.2. The van der Waals surface area contributed by atoms with Gasteiger partial charge in [0.1, 0.15) is 0 Å². The number of hydrogen-bond donors (Lipinski definition) is 0. The maximum absolute atomic E-state index is 13.4. The van der Waals surface area contributed by atoms with Gasteiger partial charge in [-0.3, -0.25) is 9.59 Å². The molecule has 0 bridgehead atoms. The van der Waals surface area contributed by atoms with Gasteiger partial charge in [0.05, 0.1) is 17.5 Å². The lowest BCUT2D eigenvalue weighted by Gasteiger charge is -2.34. The summed E-state index contributed by atoms with van der Waals surface area (Å²) in [5.41, 5.74) is 6.11. The molecule has 1 aliphatic heterocycles.